The summed E-state index contributed by atoms with van der Waals surface area (Å²) < 4.78 is 0. The molecule has 0 saturated carbocycles. The van der Waals surface area contributed by atoms with Gasteiger partial charge in [0.25, 0.3) is 0 Å². The van der Waals surface area contributed by atoms with E-state index in [0.29, 0.717) is 17.5 Å². The number of nitrogens with zero attached hydrogens (tertiary/aromatic N) is 3. The zero-order chi connectivity index (χ0) is 29.0. The Bertz CT molecular complexity index is 2070. The standard InChI is InChI=1S/C40H29N3/c1-40(2)35-16-10-9-15-32(35)33-24-23-27-19-22-31(25-34(27)36(33)40)26-17-20-30(21-18-26)39-42-37(28-11-5-3-6-12-28)41-38(43-39)29-13-7-4-8-14-29/h3-25H,1-2H3. The SMILES string of the molecule is CC1(C)c2ccccc2-c2ccc3ccc(-c4ccc(-c5nc(-c6ccccc6)nc(-c6ccccc6)n5)cc4)cc3c21. The summed E-state index contributed by atoms with van der Waals surface area (Å²) in [5.41, 5.74) is 10.7. The van der Waals surface area contributed by atoms with Gasteiger partial charge in [-0.1, -0.05) is 147 Å². The molecule has 0 bridgehead atoms. The molecule has 0 N–H and O–H groups in total. The maximum atomic E-state index is 4.90. The summed E-state index contributed by atoms with van der Waals surface area (Å²) >= 11 is 0. The van der Waals surface area contributed by atoms with Gasteiger partial charge < -0.3 is 0 Å². The predicted molar refractivity (Wildman–Crippen MR) is 177 cm³/mol. The lowest BCUT2D eigenvalue weighted by atomic mass is 9.80. The van der Waals surface area contributed by atoms with Crippen molar-refractivity contribution in [1.82, 2.24) is 15.0 Å². The fourth-order valence-electron chi connectivity index (χ4n) is 6.54. The van der Waals surface area contributed by atoms with Gasteiger partial charge in [-0.05, 0) is 50.2 Å². The molecule has 0 unspecified atom stereocenters. The van der Waals surface area contributed by atoms with Crippen LogP contribution in [0.15, 0.2) is 140 Å². The number of hydrogen-bond donors (Lipinski definition) is 0. The summed E-state index contributed by atoms with van der Waals surface area (Å²) in [5.74, 6) is 2.00. The van der Waals surface area contributed by atoms with Gasteiger partial charge in [0.05, 0.1) is 0 Å². The van der Waals surface area contributed by atoms with Crippen molar-refractivity contribution in [2.24, 2.45) is 0 Å². The van der Waals surface area contributed by atoms with E-state index >= 15 is 0 Å². The van der Waals surface area contributed by atoms with Crippen LogP contribution in [0.3, 0.4) is 0 Å². The molecule has 1 aliphatic carbocycles. The molecule has 0 atom stereocenters. The topological polar surface area (TPSA) is 38.7 Å². The van der Waals surface area contributed by atoms with E-state index in [9.17, 15) is 0 Å². The third-order valence-electron chi connectivity index (χ3n) is 8.71. The summed E-state index contributed by atoms with van der Waals surface area (Å²) in [4.78, 5) is 14.6. The number of benzene rings is 6. The van der Waals surface area contributed by atoms with Crippen molar-refractivity contribution in [2.45, 2.75) is 19.3 Å². The molecule has 3 nitrogen and oxygen atoms in total. The van der Waals surface area contributed by atoms with E-state index in [4.69, 9.17) is 15.0 Å². The molecule has 43 heavy (non-hydrogen) atoms. The van der Waals surface area contributed by atoms with E-state index in [1.807, 2.05) is 60.7 Å². The van der Waals surface area contributed by atoms with E-state index in [1.165, 1.54) is 38.6 Å². The van der Waals surface area contributed by atoms with Crippen molar-refractivity contribution in [2.75, 3.05) is 0 Å². The minimum absolute atomic E-state index is 0.0560. The third-order valence-corrected chi connectivity index (χ3v) is 8.71. The van der Waals surface area contributed by atoms with Gasteiger partial charge in [-0.15, -0.1) is 0 Å². The maximum Gasteiger partial charge on any atom is 0.164 e. The Labute approximate surface area is 251 Å². The first-order valence-electron chi connectivity index (χ1n) is 14.7. The Balaban J connectivity index is 1.21. The molecular weight excluding hydrogens is 522 g/mol. The van der Waals surface area contributed by atoms with Crippen molar-refractivity contribution in [3.05, 3.63) is 151 Å². The minimum atomic E-state index is -0.0560. The van der Waals surface area contributed by atoms with Crippen molar-refractivity contribution in [3.8, 4) is 56.4 Å². The first kappa shape index (κ1) is 25.3. The van der Waals surface area contributed by atoms with Gasteiger partial charge in [-0.25, -0.2) is 15.0 Å². The minimum Gasteiger partial charge on any atom is -0.208 e. The van der Waals surface area contributed by atoms with Crippen molar-refractivity contribution < 1.29 is 0 Å². The van der Waals surface area contributed by atoms with Crippen LogP contribution in [0.5, 0.6) is 0 Å². The fourth-order valence-corrected chi connectivity index (χ4v) is 6.54. The summed E-state index contributed by atoms with van der Waals surface area (Å²) in [6.07, 6.45) is 0. The average molecular weight is 552 g/mol. The molecule has 0 fully saturated rings. The van der Waals surface area contributed by atoms with Gasteiger partial charge in [-0.2, -0.15) is 0 Å². The molecule has 0 spiro atoms. The summed E-state index contributed by atoms with van der Waals surface area (Å²) in [6.45, 7) is 4.70. The average Bonchev–Trinajstić information content (AvgIpc) is 3.32. The zero-order valence-electron chi connectivity index (χ0n) is 24.1. The lowest BCUT2D eigenvalue weighted by molar-refractivity contribution is 0.666. The van der Waals surface area contributed by atoms with Gasteiger partial charge in [-0.3, -0.25) is 0 Å². The summed E-state index contributed by atoms with van der Waals surface area (Å²) in [6, 6.07) is 49.0. The first-order valence-corrected chi connectivity index (χ1v) is 14.7. The first-order chi connectivity index (χ1) is 21.1. The Morgan fingerprint density at radius 3 is 1.53 bits per heavy atom. The van der Waals surface area contributed by atoms with Crippen LogP contribution in [-0.4, -0.2) is 15.0 Å². The van der Waals surface area contributed by atoms with Crippen LogP contribution in [0, 0.1) is 0 Å². The van der Waals surface area contributed by atoms with Gasteiger partial charge in [0.2, 0.25) is 0 Å². The van der Waals surface area contributed by atoms with Crippen LogP contribution < -0.4 is 0 Å². The van der Waals surface area contributed by atoms with E-state index in [0.717, 1.165) is 22.3 Å². The second-order valence-corrected chi connectivity index (χ2v) is 11.7. The summed E-state index contributed by atoms with van der Waals surface area (Å²) in [5, 5.41) is 2.59. The van der Waals surface area contributed by atoms with Crippen molar-refractivity contribution >= 4 is 10.8 Å². The molecule has 1 heterocycles. The van der Waals surface area contributed by atoms with E-state index < -0.39 is 0 Å². The Hall–Kier alpha value is -5.41. The number of hydrogen-bond acceptors (Lipinski definition) is 3. The Morgan fingerprint density at radius 1 is 0.419 bits per heavy atom. The van der Waals surface area contributed by atoms with Crippen molar-refractivity contribution in [1.29, 1.82) is 0 Å². The molecule has 0 aliphatic heterocycles. The maximum absolute atomic E-state index is 4.90. The highest BCUT2D eigenvalue weighted by Crippen LogP contribution is 2.51. The lowest BCUT2D eigenvalue weighted by Gasteiger charge is -2.23. The third kappa shape index (κ3) is 4.24. The van der Waals surface area contributed by atoms with Crippen LogP contribution >= 0.6 is 0 Å². The molecule has 8 rings (SSSR count). The highest BCUT2D eigenvalue weighted by molar-refractivity contribution is 5.99. The Morgan fingerprint density at radius 2 is 0.907 bits per heavy atom. The van der Waals surface area contributed by atoms with Crippen molar-refractivity contribution in [3.63, 3.8) is 0 Å². The summed E-state index contributed by atoms with van der Waals surface area (Å²) in [7, 11) is 0. The normalized spacial score (nSPS) is 13.1. The second-order valence-electron chi connectivity index (χ2n) is 11.7. The number of aromatic nitrogens is 3. The van der Waals surface area contributed by atoms with Crippen LogP contribution in [0.4, 0.5) is 0 Å². The van der Waals surface area contributed by atoms with Crippen LogP contribution in [0.25, 0.3) is 67.2 Å². The van der Waals surface area contributed by atoms with Crippen LogP contribution in [-0.2, 0) is 5.41 Å². The molecule has 7 aromatic rings. The highest BCUT2D eigenvalue weighted by Gasteiger charge is 2.36. The molecule has 1 aliphatic rings. The highest BCUT2D eigenvalue weighted by atomic mass is 15.0. The quantitative estimate of drug-likeness (QED) is 0.218. The molecule has 3 heteroatoms. The Kier molecular flexibility index (Phi) is 5.80. The molecular formula is C40H29N3. The largest absolute Gasteiger partial charge is 0.208 e. The van der Waals surface area contributed by atoms with Crippen LogP contribution in [0.1, 0.15) is 25.0 Å². The second kappa shape index (κ2) is 9.85. The van der Waals surface area contributed by atoms with Gasteiger partial charge in [0.1, 0.15) is 0 Å². The lowest BCUT2D eigenvalue weighted by Crippen LogP contribution is -2.15. The van der Waals surface area contributed by atoms with E-state index in [-0.39, 0.29) is 5.41 Å². The van der Waals surface area contributed by atoms with E-state index in [1.54, 1.807) is 0 Å². The number of fused-ring (bicyclic) bond motifs is 5. The van der Waals surface area contributed by atoms with Gasteiger partial charge in [0, 0.05) is 22.1 Å². The smallest absolute Gasteiger partial charge is 0.164 e. The molecule has 0 amide bonds. The monoisotopic (exact) mass is 551 g/mol. The fraction of sp³-hybridized carbons (Fsp3) is 0.0750. The molecule has 204 valence electrons. The van der Waals surface area contributed by atoms with Gasteiger partial charge >= 0.3 is 0 Å². The molecule has 0 radical (unpaired) electrons. The van der Waals surface area contributed by atoms with E-state index in [2.05, 4.69) is 92.7 Å². The predicted octanol–water partition coefficient (Wildman–Crippen LogP) is 10.00. The van der Waals surface area contributed by atoms with Gasteiger partial charge in [0.15, 0.2) is 17.5 Å². The zero-order valence-corrected chi connectivity index (χ0v) is 24.1. The number of rotatable bonds is 4. The van der Waals surface area contributed by atoms with Crippen LogP contribution in [0.2, 0.25) is 0 Å². The molecule has 1 aromatic heterocycles. The molecule has 0 saturated heterocycles. The molecule has 6 aromatic carbocycles.